The zero-order valence-electron chi connectivity index (χ0n) is 12.2. The molecule has 0 saturated carbocycles. The fourth-order valence-corrected chi connectivity index (χ4v) is 1.79. The molecule has 0 bridgehead atoms. The molecule has 0 aliphatic rings. The SMILES string of the molecule is CCCNCc1cc(F)cc(OCCCN(C)C)c1. The molecule has 19 heavy (non-hydrogen) atoms. The van der Waals surface area contributed by atoms with Gasteiger partial charge in [-0.3, -0.25) is 0 Å². The van der Waals surface area contributed by atoms with Crippen LogP contribution >= 0.6 is 0 Å². The fraction of sp³-hybridized carbons (Fsp3) is 0.600. The molecule has 1 aromatic carbocycles. The Morgan fingerprint density at radius 3 is 2.74 bits per heavy atom. The Morgan fingerprint density at radius 1 is 1.26 bits per heavy atom. The summed E-state index contributed by atoms with van der Waals surface area (Å²) in [6.45, 7) is 5.32. The van der Waals surface area contributed by atoms with Crippen LogP contribution in [-0.4, -0.2) is 38.7 Å². The second kappa shape index (κ2) is 8.88. The molecule has 108 valence electrons. The summed E-state index contributed by atoms with van der Waals surface area (Å²) < 4.78 is 19.0. The van der Waals surface area contributed by atoms with Gasteiger partial charge < -0.3 is 15.0 Å². The highest BCUT2D eigenvalue weighted by molar-refractivity contribution is 5.29. The molecule has 4 heteroatoms. The third-order valence-electron chi connectivity index (χ3n) is 2.71. The standard InChI is InChI=1S/C15H25FN2O/c1-4-6-17-12-13-9-14(16)11-15(10-13)19-8-5-7-18(2)3/h9-11,17H,4-8,12H2,1-3H3. The van der Waals surface area contributed by atoms with Crippen LogP contribution < -0.4 is 10.1 Å². The van der Waals surface area contributed by atoms with Crippen LogP contribution in [0.15, 0.2) is 18.2 Å². The number of rotatable bonds is 9. The van der Waals surface area contributed by atoms with Gasteiger partial charge in [-0.2, -0.15) is 0 Å². The van der Waals surface area contributed by atoms with Crippen LogP contribution in [0.3, 0.4) is 0 Å². The van der Waals surface area contributed by atoms with Gasteiger partial charge in [0.2, 0.25) is 0 Å². The Bertz CT molecular complexity index is 369. The summed E-state index contributed by atoms with van der Waals surface area (Å²) in [5.41, 5.74) is 0.927. The van der Waals surface area contributed by atoms with E-state index >= 15 is 0 Å². The van der Waals surface area contributed by atoms with Crippen LogP contribution in [0.1, 0.15) is 25.3 Å². The minimum atomic E-state index is -0.238. The molecule has 0 atom stereocenters. The van der Waals surface area contributed by atoms with Gasteiger partial charge in [0, 0.05) is 19.2 Å². The van der Waals surface area contributed by atoms with Crippen LogP contribution in [0.25, 0.3) is 0 Å². The Balaban J connectivity index is 2.44. The van der Waals surface area contributed by atoms with Gasteiger partial charge in [0.05, 0.1) is 6.61 Å². The fourth-order valence-electron chi connectivity index (χ4n) is 1.79. The van der Waals surface area contributed by atoms with E-state index in [1.54, 1.807) is 6.07 Å². The number of nitrogens with zero attached hydrogens (tertiary/aromatic N) is 1. The molecule has 0 amide bonds. The summed E-state index contributed by atoms with van der Waals surface area (Å²) >= 11 is 0. The average Bonchev–Trinajstić information content (AvgIpc) is 2.34. The van der Waals surface area contributed by atoms with Gasteiger partial charge in [-0.1, -0.05) is 6.92 Å². The first-order valence-electron chi connectivity index (χ1n) is 6.89. The summed E-state index contributed by atoms with van der Waals surface area (Å²) in [7, 11) is 4.05. The maximum Gasteiger partial charge on any atom is 0.127 e. The molecule has 1 rings (SSSR count). The molecule has 0 aliphatic carbocycles. The number of benzene rings is 1. The van der Waals surface area contributed by atoms with Gasteiger partial charge in [-0.25, -0.2) is 4.39 Å². The van der Waals surface area contributed by atoms with Crippen LogP contribution in [0, 0.1) is 5.82 Å². The summed E-state index contributed by atoms with van der Waals surface area (Å²) in [5.74, 6) is 0.380. The van der Waals surface area contributed by atoms with E-state index < -0.39 is 0 Å². The van der Waals surface area contributed by atoms with Gasteiger partial charge in [0.1, 0.15) is 11.6 Å². The molecule has 0 saturated heterocycles. The minimum absolute atomic E-state index is 0.238. The molecule has 0 aliphatic heterocycles. The molecule has 0 aromatic heterocycles. The second-order valence-electron chi connectivity index (χ2n) is 4.98. The van der Waals surface area contributed by atoms with Crippen molar-refractivity contribution < 1.29 is 9.13 Å². The molecular formula is C15H25FN2O. The lowest BCUT2D eigenvalue weighted by molar-refractivity contribution is 0.280. The van der Waals surface area contributed by atoms with Gasteiger partial charge in [0.25, 0.3) is 0 Å². The van der Waals surface area contributed by atoms with Gasteiger partial charge in [-0.05, 0) is 51.2 Å². The van der Waals surface area contributed by atoms with Crippen molar-refractivity contribution in [2.24, 2.45) is 0 Å². The smallest absolute Gasteiger partial charge is 0.127 e. The van der Waals surface area contributed by atoms with Crippen LogP contribution in [-0.2, 0) is 6.54 Å². The van der Waals surface area contributed by atoms with Crippen molar-refractivity contribution >= 4 is 0 Å². The van der Waals surface area contributed by atoms with Gasteiger partial charge in [0.15, 0.2) is 0 Å². The summed E-state index contributed by atoms with van der Waals surface area (Å²) in [5, 5.41) is 3.26. The highest BCUT2D eigenvalue weighted by atomic mass is 19.1. The lowest BCUT2D eigenvalue weighted by atomic mass is 10.2. The highest BCUT2D eigenvalue weighted by Crippen LogP contribution is 2.16. The Hall–Kier alpha value is -1.13. The van der Waals surface area contributed by atoms with Gasteiger partial charge >= 0.3 is 0 Å². The third-order valence-corrected chi connectivity index (χ3v) is 2.71. The van der Waals surface area contributed by atoms with Crippen LogP contribution in [0.2, 0.25) is 0 Å². The van der Waals surface area contributed by atoms with E-state index in [4.69, 9.17) is 4.74 Å². The van der Waals surface area contributed by atoms with Crippen molar-refractivity contribution in [3.8, 4) is 5.75 Å². The van der Waals surface area contributed by atoms with Crippen molar-refractivity contribution in [2.45, 2.75) is 26.3 Å². The van der Waals surface area contributed by atoms with Crippen molar-refractivity contribution in [3.05, 3.63) is 29.6 Å². The zero-order valence-corrected chi connectivity index (χ0v) is 12.2. The topological polar surface area (TPSA) is 24.5 Å². The van der Waals surface area contributed by atoms with E-state index in [9.17, 15) is 4.39 Å². The molecular weight excluding hydrogens is 243 g/mol. The maximum atomic E-state index is 13.5. The summed E-state index contributed by atoms with van der Waals surface area (Å²) in [4.78, 5) is 2.11. The molecule has 3 nitrogen and oxygen atoms in total. The van der Waals surface area contributed by atoms with E-state index in [1.165, 1.54) is 6.07 Å². The van der Waals surface area contributed by atoms with Gasteiger partial charge in [-0.15, -0.1) is 0 Å². The van der Waals surface area contributed by atoms with Crippen molar-refractivity contribution in [3.63, 3.8) is 0 Å². The number of halogens is 1. The third kappa shape index (κ3) is 7.13. The molecule has 0 heterocycles. The lowest BCUT2D eigenvalue weighted by Gasteiger charge is -2.11. The lowest BCUT2D eigenvalue weighted by Crippen LogP contribution is -2.16. The summed E-state index contributed by atoms with van der Waals surface area (Å²) in [6.07, 6.45) is 2.01. The number of hydrogen-bond donors (Lipinski definition) is 1. The Labute approximate surface area is 115 Å². The predicted molar refractivity (Wildman–Crippen MR) is 77.1 cm³/mol. The first kappa shape index (κ1) is 15.9. The van der Waals surface area contributed by atoms with E-state index in [0.717, 1.165) is 31.5 Å². The van der Waals surface area contributed by atoms with E-state index in [-0.39, 0.29) is 5.82 Å². The Kier molecular flexibility index (Phi) is 7.45. The minimum Gasteiger partial charge on any atom is -0.493 e. The molecule has 1 N–H and O–H groups in total. The first-order chi connectivity index (χ1) is 9.11. The first-order valence-corrected chi connectivity index (χ1v) is 6.89. The van der Waals surface area contributed by atoms with Crippen molar-refractivity contribution in [1.82, 2.24) is 10.2 Å². The Morgan fingerprint density at radius 2 is 2.05 bits per heavy atom. The monoisotopic (exact) mass is 268 g/mol. The average molecular weight is 268 g/mol. The van der Waals surface area contributed by atoms with E-state index in [1.807, 2.05) is 20.2 Å². The molecule has 0 spiro atoms. The molecule has 0 unspecified atom stereocenters. The van der Waals surface area contributed by atoms with Crippen molar-refractivity contribution in [2.75, 3.05) is 33.8 Å². The number of hydrogen-bond acceptors (Lipinski definition) is 3. The summed E-state index contributed by atoms with van der Waals surface area (Å²) in [6, 6.07) is 4.90. The predicted octanol–water partition coefficient (Wildman–Crippen LogP) is 2.66. The molecule has 0 fully saturated rings. The molecule has 0 radical (unpaired) electrons. The quantitative estimate of drug-likeness (QED) is 0.697. The number of nitrogens with one attached hydrogen (secondary N) is 1. The second-order valence-corrected chi connectivity index (χ2v) is 4.98. The normalized spacial score (nSPS) is 11.0. The van der Waals surface area contributed by atoms with Crippen molar-refractivity contribution in [1.29, 1.82) is 0 Å². The largest absolute Gasteiger partial charge is 0.493 e. The van der Waals surface area contributed by atoms with Crippen LogP contribution in [0.5, 0.6) is 5.75 Å². The van der Waals surface area contributed by atoms with E-state index in [2.05, 4.69) is 17.1 Å². The highest BCUT2D eigenvalue weighted by Gasteiger charge is 2.02. The van der Waals surface area contributed by atoms with E-state index in [0.29, 0.717) is 18.9 Å². The maximum absolute atomic E-state index is 13.5. The van der Waals surface area contributed by atoms with Crippen LogP contribution in [0.4, 0.5) is 4.39 Å². The zero-order chi connectivity index (χ0) is 14.1. The molecule has 1 aromatic rings. The number of ether oxygens (including phenoxy) is 1.